The van der Waals surface area contributed by atoms with Gasteiger partial charge in [0.2, 0.25) is 0 Å². The van der Waals surface area contributed by atoms with Gasteiger partial charge in [0.25, 0.3) is 0 Å². The van der Waals surface area contributed by atoms with Crippen LogP contribution in [0.25, 0.3) is 21.9 Å². The summed E-state index contributed by atoms with van der Waals surface area (Å²) in [7, 11) is 0. The zero-order chi connectivity index (χ0) is 13.9. The number of rotatable bonds is 2. The van der Waals surface area contributed by atoms with Crippen molar-refractivity contribution in [3.63, 3.8) is 0 Å². The van der Waals surface area contributed by atoms with Crippen LogP contribution in [0, 0.1) is 11.3 Å². The van der Waals surface area contributed by atoms with Crippen LogP contribution in [0.2, 0.25) is 5.02 Å². The number of nitrogens with zero attached hydrogens (tertiary/aromatic N) is 2. The number of allylic oxidation sites excluding steroid dienone is 1. The van der Waals surface area contributed by atoms with Gasteiger partial charge in [-0.15, -0.1) is 11.3 Å². The monoisotopic (exact) mass is 296 g/mol. The summed E-state index contributed by atoms with van der Waals surface area (Å²) in [4.78, 5) is 4.49. The lowest BCUT2D eigenvalue weighted by Gasteiger charge is -1.98. The molecule has 0 aliphatic rings. The third-order valence-corrected chi connectivity index (χ3v) is 4.26. The molecule has 1 heterocycles. The zero-order valence-electron chi connectivity index (χ0n) is 10.4. The number of thiazole rings is 1. The quantitative estimate of drug-likeness (QED) is 0.623. The standard InChI is InChI=1S/C16H9ClN2S/c17-13-6-2-1-5-11(13)9-12(10-18)16-19-14-7-3-4-8-15(14)20-16/h1-9H/b12-9+. The summed E-state index contributed by atoms with van der Waals surface area (Å²) in [5.74, 6) is 0. The molecule has 0 bridgehead atoms. The van der Waals surface area contributed by atoms with Crippen molar-refractivity contribution < 1.29 is 0 Å². The van der Waals surface area contributed by atoms with Crippen molar-refractivity contribution in [2.75, 3.05) is 0 Å². The molecule has 0 saturated carbocycles. The van der Waals surface area contributed by atoms with Gasteiger partial charge in [-0.1, -0.05) is 41.9 Å². The van der Waals surface area contributed by atoms with Crippen LogP contribution in [0.3, 0.4) is 0 Å². The molecule has 3 aromatic rings. The SMILES string of the molecule is N#C/C(=C\c1ccccc1Cl)c1nc2ccccc2s1. The minimum absolute atomic E-state index is 0.527. The molecule has 0 unspecified atom stereocenters. The molecule has 96 valence electrons. The molecule has 20 heavy (non-hydrogen) atoms. The Morgan fingerprint density at radius 3 is 2.65 bits per heavy atom. The average Bonchev–Trinajstić information content (AvgIpc) is 2.90. The fraction of sp³-hybridized carbons (Fsp3) is 0. The fourth-order valence-electron chi connectivity index (χ4n) is 1.88. The highest BCUT2D eigenvalue weighted by Crippen LogP contribution is 2.29. The van der Waals surface area contributed by atoms with E-state index in [9.17, 15) is 5.26 Å². The normalized spacial score (nSPS) is 11.5. The van der Waals surface area contributed by atoms with E-state index < -0.39 is 0 Å². The van der Waals surface area contributed by atoms with E-state index in [2.05, 4.69) is 11.1 Å². The van der Waals surface area contributed by atoms with Gasteiger partial charge in [-0.3, -0.25) is 0 Å². The van der Waals surface area contributed by atoms with Crippen molar-refractivity contribution in [3.8, 4) is 6.07 Å². The highest BCUT2D eigenvalue weighted by Gasteiger charge is 2.09. The van der Waals surface area contributed by atoms with Gasteiger partial charge in [0.15, 0.2) is 0 Å². The summed E-state index contributed by atoms with van der Waals surface area (Å²) in [6.07, 6.45) is 1.78. The Kier molecular flexibility index (Phi) is 3.51. The number of fused-ring (bicyclic) bond motifs is 1. The highest BCUT2D eigenvalue weighted by atomic mass is 35.5. The van der Waals surface area contributed by atoms with Crippen molar-refractivity contribution in [1.29, 1.82) is 5.26 Å². The van der Waals surface area contributed by atoms with Crippen molar-refractivity contribution >= 4 is 44.8 Å². The second-order valence-corrected chi connectivity index (χ2v) is 5.62. The number of halogens is 1. The van der Waals surface area contributed by atoms with Gasteiger partial charge in [-0.25, -0.2) is 4.98 Å². The largest absolute Gasteiger partial charge is 0.235 e. The van der Waals surface area contributed by atoms with E-state index in [0.717, 1.165) is 15.8 Å². The number of nitriles is 1. The van der Waals surface area contributed by atoms with Crippen LogP contribution in [0.1, 0.15) is 10.6 Å². The van der Waals surface area contributed by atoms with Gasteiger partial charge in [0.05, 0.1) is 15.8 Å². The van der Waals surface area contributed by atoms with Crippen LogP contribution in [0.15, 0.2) is 48.5 Å². The van der Waals surface area contributed by atoms with Crippen molar-refractivity contribution in [2.24, 2.45) is 0 Å². The van der Waals surface area contributed by atoms with E-state index in [1.807, 2.05) is 42.5 Å². The summed E-state index contributed by atoms with van der Waals surface area (Å²) in [6, 6.07) is 17.5. The average molecular weight is 297 g/mol. The molecule has 2 aromatic carbocycles. The summed E-state index contributed by atoms with van der Waals surface area (Å²) in [5.41, 5.74) is 2.26. The molecule has 0 N–H and O–H groups in total. The first-order valence-electron chi connectivity index (χ1n) is 6.00. The Hall–Kier alpha value is -2.15. The molecule has 0 spiro atoms. The summed E-state index contributed by atoms with van der Waals surface area (Å²) in [6.45, 7) is 0. The maximum absolute atomic E-state index is 9.36. The minimum Gasteiger partial charge on any atom is -0.235 e. The number of hydrogen-bond acceptors (Lipinski definition) is 3. The van der Waals surface area contributed by atoms with Crippen molar-refractivity contribution in [2.45, 2.75) is 0 Å². The van der Waals surface area contributed by atoms with Crippen LogP contribution in [-0.2, 0) is 0 Å². The third-order valence-electron chi connectivity index (χ3n) is 2.85. The zero-order valence-corrected chi connectivity index (χ0v) is 11.9. The molecule has 0 fully saturated rings. The molecule has 0 amide bonds. The Bertz CT molecular complexity index is 810. The maximum Gasteiger partial charge on any atom is 0.135 e. The van der Waals surface area contributed by atoms with Crippen molar-refractivity contribution in [3.05, 3.63) is 64.1 Å². The number of para-hydroxylation sites is 1. The number of benzene rings is 2. The molecular weight excluding hydrogens is 288 g/mol. The van der Waals surface area contributed by atoms with Gasteiger partial charge in [-0.2, -0.15) is 5.26 Å². The Balaban J connectivity index is 2.10. The van der Waals surface area contributed by atoms with E-state index in [1.165, 1.54) is 11.3 Å². The van der Waals surface area contributed by atoms with E-state index in [0.29, 0.717) is 15.6 Å². The van der Waals surface area contributed by atoms with Gasteiger partial charge in [0, 0.05) is 5.02 Å². The molecule has 3 rings (SSSR count). The minimum atomic E-state index is 0.527. The summed E-state index contributed by atoms with van der Waals surface area (Å²) >= 11 is 7.63. The lowest BCUT2D eigenvalue weighted by atomic mass is 10.1. The molecule has 4 heteroatoms. The molecule has 0 atom stereocenters. The Morgan fingerprint density at radius 1 is 1.15 bits per heavy atom. The molecule has 1 aromatic heterocycles. The van der Waals surface area contributed by atoms with Crippen LogP contribution >= 0.6 is 22.9 Å². The lowest BCUT2D eigenvalue weighted by Crippen LogP contribution is -1.81. The fourth-order valence-corrected chi connectivity index (χ4v) is 3.00. The topological polar surface area (TPSA) is 36.7 Å². The second kappa shape index (κ2) is 5.46. The summed E-state index contributed by atoms with van der Waals surface area (Å²) < 4.78 is 1.07. The predicted molar refractivity (Wildman–Crippen MR) is 84.6 cm³/mol. The van der Waals surface area contributed by atoms with Crippen LogP contribution < -0.4 is 0 Å². The van der Waals surface area contributed by atoms with E-state index >= 15 is 0 Å². The third kappa shape index (κ3) is 2.44. The van der Waals surface area contributed by atoms with Gasteiger partial charge >= 0.3 is 0 Å². The van der Waals surface area contributed by atoms with E-state index in [4.69, 9.17) is 11.6 Å². The van der Waals surface area contributed by atoms with E-state index in [1.54, 1.807) is 12.1 Å². The number of hydrogen-bond donors (Lipinski definition) is 0. The molecule has 2 nitrogen and oxygen atoms in total. The van der Waals surface area contributed by atoms with E-state index in [-0.39, 0.29) is 0 Å². The first-order chi connectivity index (χ1) is 9.78. The van der Waals surface area contributed by atoms with Crippen LogP contribution in [0.5, 0.6) is 0 Å². The van der Waals surface area contributed by atoms with Crippen LogP contribution in [-0.4, -0.2) is 4.98 Å². The molecule has 0 radical (unpaired) electrons. The lowest BCUT2D eigenvalue weighted by molar-refractivity contribution is 1.44. The predicted octanol–water partition coefficient (Wildman–Crippen LogP) is 5.01. The smallest absolute Gasteiger partial charge is 0.135 e. The maximum atomic E-state index is 9.36. The Morgan fingerprint density at radius 2 is 1.90 bits per heavy atom. The Labute approximate surface area is 125 Å². The molecule has 0 saturated heterocycles. The summed E-state index contributed by atoms with van der Waals surface area (Å²) in [5, 5.41) is 10.7. The second-order valence-electron chi connectivity index (χ2n) is 4.18. The van der Waals surface area contributed by atoms with Gasteiger partial charge in [0.1, 0.15) is 11.1 Å². The molecule has 0 aliphatic carbocycles. The first kappa shape index (κ1) is 12.9. The van der Waals surface area contributed by atoms with Crippen LogP contribution in [0.4, 0.5) is 0 Å². The molecule has 0 aliphatic heterocycles. The van der Waals surface area contributed by atoms with Gasteiger partial charge in [-0.05, 0) is 29.8 Å². The molecular formula is C16H9ClN2S. The van der Waals surface area contributed by atoms with Gasteiger partial charge < -0.3 is 0 Å². The van der Waals surface area contributed by atoms with Crippen molar-refractivity contribution in [1.82, 2.24) is 4.98 Å². The number of aromatic nitrogens is 1. The first-order valence-corrected chi connectivity index (χ1v) is 7.19. The highest BCUT2D eigenvalue weighted by molar-refractivity contribution is 7.19.